The number of esters is 1. The van der Waals surface area contributed by atoms with Gasteiger partial charge in [0.05, 0.1) is 12.2 Å². The van der Waals surface area contributed by atoms with E-state index >= 15 is 0 Å². The number of hydrogen-bond acceptors (Lipinski definition) is 2. The van der Waals surface area contributed by atoms with Crippen LogP contribution in [0.1, 0.15) is 101 Å². The van der Waals surface area contributed by atoms with E-state index in [9.17, 15) is 4.79 Å². The molecule has 1 aromatic carbocycles. The van der Waals surface area contributed by atoms with Crippen molar-refractivity contribution in [2.75, 3.05) is 6.61 Å². The minimum Gasteiger partial charge on any atom is -0.462 e. The quantitative estimate of drug-likeness (QED) is 0.445. The van der Waals surface area contributed by atoms with E-state index < -0.39 is 0 Å². The minimum atomic E-state index is -0.178. The first kappa shape index (κ1) is 21.0. The van der Waals surface area contributed by atoms with E-state index in [2.05, 4.69) is 39.8 Å². The van der Waals surface area contributed by atoms with Crippen LogP contribution in [-0.2, 0) is 4.74 Å². The van der Waals surface area contributed by atoms with Gasteiger partial charge in [0.15, 0.2) is 0 Å². The summed E-state index contributed by atoms with van der Waals surface area (Å²) < 4.78 is 5.49. The van der Waals surface area contributed by atoms with E-state index in [1.165, 1.54) is 50.5 Å². The molecule has 0 aliphatic heterocycles. The fourth-order valence-electron chi connectivity index (χ4n) is 3.94. The van der Waals surface area contributed by atoms with Gasteiger partial charge in [-0.2, -0.15) is 0 Å². The van der Waals surface area contributed by atoms with Crippen LogP contribution in [0.25, 0.3) is 0 Å². The number of benzene rings is 1. The summed E-state index contributed by atoms with van der Waals surface area (Å²) in [4.78, 5) is 12.2. The molecule has 0 aromatic heterocycles. The van der Waals surface area contributed by atoms with Crippen LogP contribution >= 0.6 is 0 Å². The Morgan fingerprint density at radius 3 is 2.27 bits per heavy atom. The van der Waals surface area contributed by atoms with Gasteiger partial charge in [0, 0.05) is 0 Å². The molecule has 0 bridgehead atoms. The van der Waals surface area contributed by atoms with Crippen molar-refractivity contribution in [2.45, 2.75) is 85.0 Å². The SMILES string of the molecule is CC(C)CCCC(C)CCOC(=O)c1ccc(C2CCC(C)CC2)cc1. The molecule has 2 nitrogen and oxygen atoms in total. The molecule has 2 heteroatoms. The number of ether oxygens (including phenoxy) is 1. The molecular weight excluding hydrogens is 320 g/mol. The van der Waals surface area contributed by atoms with Crippen molar-refractivity contribution in [2.24, 2.45) is 17.8 Å². The van der Waals surface area contributed by atoms with E-state index in [0.29, 0.717) is 24.0 Å². The molecule has 1 atom stereocenters. The van der Waals surface area contributed by atoms with E-state index in [1.807, 2.05) is 12.1 Å². The van der Waals surface area contributed by atoms with Gasteiger partial charge >= 0.3 is 5.97 Å². The highest BCUT2D eigenvalue weighted by atomic mass is 16.5. The first-order chi connectivity index (χ1) is 12.5. The summed E-state index contributed by atoms with van der Waals surface area (Å²) in [5, 5.41) is 0. The molecule has 1 saturated carbocycles. The van der Waals surface area contributed by atoms with Crippen LogP contribution in [0, 0.1) is 17.8 Å². The van der Waals surface area contributed by atoms with Gasteiger partial charge in [0.1, 0.15) is 0 Å². The summed E-state index contributed by atoms with van der Waals surface area (Å²) in [6.07, 6.45) is 9.95. The maximum atomic E-state index is 12.2. The standard InChI is InChI=1S/C24H38O2/c1-18(2)6-5-7-19(3)16-17-26-24(25)23-14-12-22(13-15-23)21-10-8-20(4)9-11-21/h12-15,18-21H,5-11,16-17H2,1-4H3. The lowest BCUT2D eigenvalue weighted by molar-refractivity contribution is 0.0483. The summed E-state index contributed by atoms with van der Waals surface area (Å²) in [6, 6.07) is 8.15. The van der Waals surface area contributed by atoms with Crippen molar-refractivity contribution in [3.63, 3.8) is 0 Å². The highest BCUT2D eigenvalue weighted by Gasteiger charge is 2.20. The van der Waals surface area contributed by atoms with E-state index in [1.54, 1.807) is 0 Å². The normalized spacial score (nSPS) is 21.6. The van der Waals surface area contributed by atoms with Gasteiger partial charge in [0.2, 0.25) is 0 Å². The second-order valence-corrected chi connectivity index (χ2v) is 8.93. The van der Waals surface area contributed by atoms with Crippen molar-refractivity contribution < 1.29 is 9.53 Å². The van der Waals surface area contributed by atoms with Crippen LogP contribution in [0.15, 0.2) is 24.3 Å². The van der Waals surface area contributed by atoms with Gasteiger partial charge in [-0.25, -0.2) is 4.79 Å². The highest BCUT2D eigenvalue weighted by molar-refractivity contribution is 5.89. The lowest BCUT2D eigenvalue weighted by Gasteiger charge is -2.26. The summed E-state index contributed by atoms with van der Waals surface area (Å²) in [5.41, 5.74) is 2.07. The fourth-order valence-corrected chi connectivity index (χ4v) is 3.94. The largest absolute Gasteiger partial charge is 0.462 e. The second-order valence-electron chi connectivity index (χ2n) is 8.93. The zero-order chi connectivity index (χ0) is 18.9. The smallest absolute Gasteiger partial charge is 0.338 e. The number of hydrogen-bond donors (Lipinski definition) is 0. The van der Waals surface area contributed by atoms with Gasteiger partial charge in [-0.15, -0.1) is 0 Å². The van der Waals surface area contributed by atoms with Gasteiger partial charge in [-0.1, -0.05) is 71.9 Å². The Hall–Kier alpha value is -1.31. The van der Waals surface area contributed by atoms with Gasteiger partial charge < -0.3 is 4.74 Å². The topological polar surface area (TPSA) is 26.3 Å². The third-order valence-corrected chi connectivity index (χ3v) is 5.96. The van der Waals surface area contributed by atoms with E-state index in [0.717, 1.165) is 18.3 Å². The molecule has 0 heterocycles. The number of rotatable bonds is 9. The predicted octanol–water partition coefficient (Wildman–Crippen LogP) is 6.99. The molecule has 26 heavy (non-hydrogen) atoms. The third kappa shape index (κ3) is 7.13. The molecule has 0 spiro atoms. The molecule has 0 amide bonds. The van der Waals surface area contributed by atoms with Crippen LogP contribution in [0.4, 0.5) is 0 Å². The number of carbonyl (C=O) groups excluding carboxylic acids is 1. The molecular formula is C24H38O2. The van der Waals surface area contributed by atoms with Gasteiger partial charge in [-0.05, 0) is 60.6 Å². The zero-order valence-electron chi connectivity index (χ0n) is 17.3. The first-order valence-corrected chi connectivity index (χ1v) is 10.7. The van der Waals surface area contributed by atoms with Crippen LogP contribution in [0.2, 0.25) is 0 Å². The first-order valence-electron chi connectivity index (χ1n) is 10.7. The van der Waals surface area contributed by atoms with E-state index in [4.69, 9.17) is 4.74 Å². The van der Waals surface area contributed by atoms with E-state index in [-0.39, 0.29) is 5.97 Å². The molecule has 1 fully saturated rings. The lowest BCUT2D eigenvalue weighted by Crippen LogP contribution is -2.12. The minimum absolute atomic E-state index is 0.178. The van der Waals surface area contributed by atoms with Crippen LogP contribution < -0.4 is 0 Å². The molecule has 1 aliphatic carbocycles. The summed E-state index contributed by atoms with van der Waals surface area (Å²) in [6.45, 7) is 9.68. The molecule has 1 aromatic rings. The second kappa shape index (κ2) is 10.7. The Morgan fingerprint density at radius 2 is 1.65 bits per heavy atom. The molecule has 1 unspecified atom stereocenters. The fraction of sp³-hybridized carbons (Fsp3) is 0.708. The van der Waals surface area contributed by atoms with Crippen molar-refractivity contribution in [3.05, 3.63) is 35.4 Å². The molecule has 0 radical (unpaired) electrons. The van der Waals surface area contributed by atoms with Crippen molar-refractivity contribution in [3.8, 4) is 0 Å². The van der Waals surface area contributed by atoms with Crippen molar-refractivity contribution >= 4 is 5.97 Å². The average Bonchev–Trinajstić information content (AvgIpc) is 2.62. The molecule has 2 rings (SSSR count). The number of carbonyl (C=O) groups is 1. The monoisotopic (exact) mass is 358 g/mol. The maximum Gasteiger partial charge on any atom is 0.338 e. The Balaban J connectivity index is 1.70. The molecule has 146 valence electrons. The van der Waals surface area contributed by atoms with Crippen LogP contribution in [0.3, 0.4) is 0 Å². The highest BCUT2D eigenvalue weighted by Crippen LogP contribution is 2.35. The van der Waals surface area contributed by atoms with Crippen LogP contribution in [0.5, 0.6) is 0 Å². The Bertz CT molecular complexity index is 524. The summed E-state index contributed by atoms with van der Waals surface area (Å²) in [5.74, 6) is 2.76. The Morgan fingerprint density at radius 1 is 1.00 bits per heavy atom. The molecule has 0 N–H and O–H groups in total. The predicted molar refractivity (Wildman–Crippen MR) is 110 cm³/mol. The van der Waals surface area contributed by atoms with Crippen LogP contribution in [-0.4, -0.2) is 12.6 Å². The summed E-state index contributed by atoms with van der Waals surface area (Å²) >= 11 is 0. The zero-order valence-corrected chi connectivity index (χ0v) is 17.3. The van der Waals surface area contributed by atoms with Gasteiger partial charge in [-0.3, -0.25) is 0 Å². The maximum absolute atomic E-state index is 12.2. The third-order valence-electron chi connectivity index (χ3n) is 5.96. The lowest BCUT2D eigenvalue weighted by atomic mass is 9.79. The Labute approximate surface area is 160 Å². The van der Waals surface area contributed by atoms with Crippen molar-refractivity contribution in [1.29, 1.82) is 0 Å². The average molecular weight is 359 g/mol. The molecule has 1 aliphatic rings. The summed E-state index contributed by atoms with van der Waals surface area (Å²) in [7, 11) is 0. The van der Waals surface area contributed by atoms with Gasteiger partial charge in [0.25, 0.3) is 0 Å². The molecule has 0 saturated heterocycles. The Kier molecular flexibility index (Phi) is 8.68. The van der Waals surface area contributed by atoms with Crippen molar-refractivity contribution in [1.82, 2.24) is 0 Å².